The first-order valence-electron chi connectivity index (χ1n) is 6.57. The number of nitrogens with zero attached hydrogens (tertiary/aromatic N) is 1. The molecular formula is C15H14ClN3O3S. The first-order chi connectivity index (χ1) is 10.9. The van der Waals surface area contributed by atoms with Crippen LogP contribution < -0.4 is 15.4 Å². The van der Waals surface area contributed by atoms with Crippen molar-refractivity contribution in [2.45, 2.75) is 6.92 Å². The van der Waals surface area contributed by atoms with Crippen LogP contribution in [-0.2, 0) is 0 Å². The zero-order valence-corrected chi connectivity index (χ0v) is 14.0. The van der Waals surface area contributed by atoms with Gasteiger partial charge in [0.2, 0.25) is 0 Å². The zero-order valence-electron chi connectivity index (χ0n) is 12.4. The van der Waals surface area contributed by atoms with Gasteiger partial charge in [0.05, 0.1) is 18.1 Å². The highest BCUT2D eigenvalue weighted by molar-refractivity contribution is 7.80. The lowest BCUT2D eigenvalue weighted by Gasteiger charge is -2.12. The van der Waals surface area contributed by atoms with Crippen molar-refractivity contribution in [3.8, 4) is 5.75 Å². The van der Waals surface area contributed by atoms with E-state index in [1.807, 2.05) is 19.1 Å². The third-order valence-electron chi connectivity index (χ3n) is 3.08. The molecule has 0 aliphatic heterocycles. The summed E-state index contributed by atoms with van der Waals surface area (Å²) in [6, 6.07) is 9.87. The second-order valence-electron chi connectivity index (χ2n) is 4.68. The van der Waals surface area contributed by atoms with Crippen LogP contribution in [0.15, 0.2) is 36.4 Å². The lowest BCUT2D eigenvalue weighted by Crippen LogP contribution is -2.19. The third-order valence-corrected chi connectivity index (χ3v) is 3.69. The minimum absolute atomic E-state index is 0.129. The summed E-state index contributed by atoms with van der Waals surface area (Å²) in [5.74, 6) is 0.395. The lowest BCUT2D eigenvalue weighted by atomic mass is 10.2. The minimum Gasteiger partial charge on any atom is -0.496 e. The number of halogens is 1. The Hall–Kier alpha value is -2.38. The Morgan fingerprint density at radius 1 is 1.26 bits per heavy atom. The molecule has 0 aliphatic rings. The van der Waals surface area contributed by atoms with E-state index in [1.54, 1.807) is 12.1 Å². The molecule has 8 heteroatoms. The Morgan fingerprint density at radius 2 is 2.00 bits per heavy atom. The molecule has 2 aromatic rings. The van der Waals surface area contributed by atoms with Gasteiger partial charge in [-0.1, -0.05) is 17.7 Å². The van der Waals surface area contributed by atoms with Gasteiger partial charge in [0.15, 0.2) is 5.11 Å². The summed E-state index contributed by atoms with van der Waals surface area (Å²) in [6.07, 6.45) is 0. The van der Waals surface area contributed by atoms with Gasteiger partial charge in [0.1, 0.15) is 11.4 Å². The van der Waals surface area contributed by atoms with E-state index >= 15 is 0 Å². The van der Waals surface area contributed by atoms with Gasteiger partial charge in [-0.15, -0.1) is 0 Å². The maximum absolute atomic E-state index is 11.1. The molecule has 0 fully saturated rings. The fourth-order valence-corrected chi connectivity index (χ4v) is 2.26. The van der Waals surface area contributed by atoms with Crippen LogP contribution in [0.25, 0.3) is 0 Å². The monoisotopic (exact) mass is 351 g/mol. The molecule has 0 spiro atoms. The van der Waals surface area contributed by atoms with Gasteiger partial charge >= 0.3 is 0 Å². The molecule has 0 aliphatic carbocycles. The standard InChI is InChI=1S/C15H14ClN3O3S/c1-9-3-4-10(7-12(9)16)17-15(23)18-13-6-5-11(22-2)8-14(13)19(20)21/h3-8H,1-2H3,(H2,17,18,23). The Labute approximate surface area is 143 Å². The molecular weight excluding hydrogens is 338 g/mol. The van der Waals surface area contributed by atoms with Crippen molar-refractivity contribution in [2.24, 2.45) is 0 Å². The van der Waals surface area contributed by atoms with Crippen LogP contribution in [0.3, 0.4) is 0 Å². The number of thiocarbonyl (C=S) groups is 1. The van der Waals surface area contributed by atoms with E-state index in [9.17, 15) is 10.1 Å². The number of anilines is 2. The maximum atomic E-state index is 11.1. The first-order valence-corrected chi connectivity index (χ1v) is 7.36. The summed E-state index contributed by atoms with van der Waals surface area (Å²) < 4.78 is 4.99. The van der Waals surface area contributed by atoms with Crippen LogP contribution in [-0.4, -0.2) is 17.1 Å². The van der Waals surface area contributed by atoms with Gasteiger partial charge in [-0.25, -0.2) is 0 Å². The number of nitro groups is 1. The molecule has 0 bridgehead atoms. The SMILES string of the molecule is COc1ccc(NC(=S)Nc2ccc(C)c(Cl)c2)c([N+](=O)[O-])c1. The van der Waals surface area contributed by atoms with Crippen molar-refractivity contribution in [1.82, 2.24) is 0 Å². The molecule has 0 heterocycles. The molecule has 0 saturated heterocycles. The highest BCUT2D eigenvalue weighted by atomic mass is 35.5. The Balaban J connectivity index is 2.16. The van der Waals surface area contributed by atoms with Crippen LogP contribution in [0.1, 0.15) is 5.56 Å². The summed E-state index contributed by atoms with van der Waals surface area (Å²) in [6.45, 7) is 1.89. The smallest absolute Gasteiger partial charge is 0.296 e. The maximum Gasteiger partial charge on any atom is 0.296 e. The summed E-state index contributed by atoms with van der Waals surface area (Å²) in [5.41, 5.74) is 1.78. The average molecular weight is 352 g/mol. The van der Waals surface area contributed by atoms with Crippen LogP contribution in [0, 0.1) is 17.0 Å². The Morgan fingerprint density at radius 3 is 2.61 bits per heavy atom. The number of hydrogen-bond donors (Lipinski definition) is 2. The second kappa shape index (κ2) is 7.26. The van der Waals surface area contributed by atoms with Crippen LogP contribution in [0.5, 0.6) is 5.75 Å². The number of nitro benzene ring substituents is 1. The minimum atomic E-state index is -0.504. The van der Waals surface area contributed by atoms with E-state index in [-0.39, 0.29) is 16.5 Å². The van der Waals surface area contributed by atoms with Gasteiger partial charge in [-0.05, 0) is 49.0 Å². The number of rotatable bonds is 4. The van der Waals surface area contributed by atoms with Crippen LogP contribution >= 0.6 is 23.8 Å². The van der Waals surface area contributed by atoms with E-state index in [0.717, 1.165) is 5.56 Å². The van der Waals surface area contributed by atoms with Gasteiger partial charge in [0, 0.05) is 10.7 Å². The highest BCUT2D eigenvalue weighted by Crippen LogP contribution is 2.29. The quantitative estimate of drug-likeness (QED) is 0.484. The number of benzene rings is 2. The zero-order chi connectivity index (χ0) is 17.0. The molecule has 2 rings (SSSR count). The van der Waals surface area contributed by atoms with Crippen molar-refractivity contribution in [3.05, 3.63) is 57.1 Å². The number of aryl methyl sites for hydroxylation is 1. The summed E-state index contributed by atoms with van der Waals surface area (Å²) >= 11 is 11.2. The molecule has 0 amide bonds. The van der Waals surface area contributed by atoms with Crippen molar-refractivity contribution < 1.29 is 9.66 Å². The number of methoxy groups -OCH3 is 1. The molecule has 0 aromatic heterocycles. The molecule has 0 unspecified atom stereocenters. The lowest BCUT2D eigenvalue weighted by molar-refractivity contribution is -0.384. The first kappa shape index (κ1) is 17.0. The summed E-state index contributed by atoms with van der Waals surface area (Å²) in [4.78, 5) is 10.6. The summed E-state index contributed by atoms with van der Waals surface area (Å²) in [5, 5.41) is 17.7. The number of ether oxygens (including phenoxy) is 1. The topological polar surface area (TPSA) is 76.4 Å². The van der Waals surface area contributed by atoms with Gasteiger partial charge < -0.3 is 15.4 Å². The van der Waals surface area contributed by atoms with Crippen LogP contribution in [0.4, 0.5) is 17.1 Å². The predicted molar refractivity (Wildman–Crippen MR) is 95.7 cm³/mol. The molecule has 2 aromatic carbocycles. The molecule has 120 valence electrons. The molecule has 6 nitrogen and oxygen atoms in total. The van der Waals surface area contributed by atoms with E-state index in [4.69, 9.17) is 28.6 Å². The molecule has 23 heavy (non-hydrogen) atoms. The molecule has 0 saturated carbocycles. The second-order valence-corrected chi connectivity index (χ2v) is 5.50. The van der Waals surface area contributed by atoms with Gasteiger partial charge in [-0.2, -0.15) is 0 Å². The van der Waals surface area contributed by atoms with E-state index in [1.165, 1.54) is 19.2 Å². The van der Waals surface area contributed by atoms with E-state index in [0.29, 0.717) is 16.5 Å². The fourth-order valence-electron chi connectivity index (χ4n) is 1.85. The van der Waals surface area contributed by atoms with Gasteiger partial charge in [0.25, 0.3) is 5.69 Å². The Bertz CT molecular complexity index is 768. The van der Waals surface area contributed by atoms with Crippen molar-refractivity contribution in [3.63, 3.8) is 0 Å². The molecule has 0 radical (unpaired) electrons. The molecule has 0 atom stereocenters. The number of hydrogen-bond acceptors (Lipinski definition) is 4. The average Bonchev–Trinajstić information content (AvgIpc) is 2.51. The van der Waals surface area contributed by atoms with Gasteiger partial charge in [-0.3, -0.25) is 10.1 Å². The molecule has 2 N–H and O–H groups in total. The summed E-state index contributed by atoms with van der Waals surface area (Å²) in [7, 11) is 1.44. The number of nitrogens with one attached hydrogen (secondary N) is 2. The van der Waals surface area contributed by atoms with E-state index in [2.05, 4.69) is 10.6 Å². The predicted octanol–water partition coefficient (Wildman–Crippen LogP) is 4.37. The largest absolute Gasteiger partial charge is 0.496 e. The third kappa shape index (κ3) is 4.30. The highest BCUT2D eigenvalue weighted by Gasteiger charge is 2.16. The van der Waals surface area contributed by atoms with Crippen molar-refractivity contribution in [2.75, 3.05) is 17.7 Å². The van der Waals surface area contributed by atoms with Crippen molar-refractivity contribution >= 4 is 46.0 Å². The fraction of sp³-hybridized carbons (Fsp3) is 0.133. The Kier molecular flexibility index (Phi) is 5.36. The normalized spacial score (nSPS) is 10.0. The van der Waals surface area contributed by atoms with E-state index < -0.39 is 4.92 Å². The van der Waals surface area contributed by atoms with Crippen LogP contribution in [0.2, 0.25) is 5.02 Å². The van der Waals surface area contributed by atoms with Crippen molar-refractivity contribution in [1.29, 1.82) is 0 Å².